The first kappa shape index (κ1) is 24.3. The van der Waals surface area contributed by atoms with Crippen molar-refractivity contribution in [3.8, 4) is 5.75 Å². The van der Waals surface area contributed by atoms with Gasteiger partial charge in [0.15, 0.2) is 5.78 Å². The van der Waals surface area contributed by atoms with E-state index < -0.39 is 5.97 Å². The van der Waals surface area contributed by atoms with E-state index in [4.69, 9.17) is 9.84 Å². The summed E-state index contributed by atoms with van der Waals surface area (Å²) in [6.07, 6.45) is 3.95. The Balaban J connectivity index is 0.000000387. The van der Waals surface area contributed by atoms with Crippen LogP contribution >= 0.6 is 0 Å². The number of hydrogen-bond donors (Lipinski definition) is 2. The number of ketones is 1. The molecule has 7 heteroatoms. The van der Waals surface area contributed by atoms with Crippen LogP contribution in [0.4, 0.5) is 0 Å². The third kappa shape index (κ3) is 8.89. The Labute approximate surface area is 171 Å². The normalized spacial score (nSPS) is 15.8. The van der Waals surface area contributed by atoms with Crippen LogP contribution in [0.1, 0.15) is 75.2 Å². The lowest BCUT2D eigenvalue weighted by Gasteiger charge is -2.15. The Hall–Kier alpha value is -2.70. The van der Waals surface area contributed by atoms with Crippen molar-refractivity contribution in [2.24, 2.45) is 5.92 Å². The number of unbranched alkanes of at least 4 members (excludes halogenated alkanes) is 1. The van der Waals surface area contributed by atoms with Gasteiger partial charge in [-0.1, -0.05) is 26.8 Å². The molecule has 1 aliphatic heterocycles. The Morgan fingerprint density at radius 2 is 1.93 bits per heavy atom. The number of aryl methyl sites for hydroxylation is 1. The number of nitrogens with one attached hydrogen (secondary N) is 1. The molecule has 160 valence electrons. The van der Waals surface area contributed by atoms with Gasteiger partial charge in [-0.15, -0.1) is 0 Å². The largest absolute Gasteiger partial charge is 0.494 e. The van der Waals surface area contributed by atoms with Gasteiger partial charge in [0.05, 0.1) is 6.61 Å². The zero-order valence-corrected chi connectivity index (χ0v) is 17.5. The lowest BCUT2D eigenvalue weighted by molar-refractivity contribution is -0.137. The lowest BCUT2D eigenvalue weighted by Crippen LogP contribution is -2.39. The van der Waals surface area contributed by atoms with Crippen LogP contribution in [0.25, 0.3) is 0 Å². The summed E-state index contributed by atoms with van der Waals surface area (Å²) >= 11 is 0. The summed E-state index contributed by atoms with van der Waals surface area (Å²) in [5.74, 6) is -0.243. The van der Waals surface area contributed by atoms with E-state index >= 15 is 0 Å². The number of ether oxygens (including phenoxy) is 1. The first-order chi connectivity index (χ1) is 13.8. The molecular weight excluding hydrogens is 374 g/mol. The van der Waals surface area contributed by atoms with Crippen LogP contribution in [0.15, 0.2) is 18.2 Å². The fourth-order valence-electron chi connectivity index (χ4n) is 2.77. The van der Waals surface area contributed by atoms with Crippen molar-refractivity contribution < 1.29 is 29.0 Å². The van der Waals surface area contributed by atoms with Crippen LogP contribution in [0.5, 0.6) is 5.75 Å². The van der Waals surface area contributed by atoms with Gasteiger partial charge in [0.2, 0.25) is 11.8 Å². The summed E-state index contributed by atoms with van der Waals surface area (Å²) in [6.45, 7) is 6.16. The number of carbonyl (C=O) groups is 4. The van der Waals surface area contributed by atoms with Crippen LogP contribution in [0.2, 0.25) is 0 Å². The van der Waals surface area contributed by atoms with Gasteiger partial charge in [0.1, 0.15) is 5.75 Å². The second kappa shape index (κ2) is 12.7. The number of carboxylic acids is 1. The molecule has 1 aromatic carbocycles. The van der Waals surface area contributed by atoms with Gasteiger partial charge in [0.25, 0.3) is 0 Å². The molecule has 1 saturated heterocycles. The number of Topliss-reactive ketones (excluding diaryl/α,β-unsaturated/α-hetero) is 1. The number of aliphatic carboxylic acids is 1. The molecule has 0 aromatic heterocycles. The Morgan fingerprint density at radius 1 is 1.21 bits per heavy atom. The zero-order valence-electron chi connectivity index (χ0n) is 17.5. The minimum atomic E-state index is -0.784. The van der Waals surface area contributed by atoms with Gasteiger partial charge in [0, 0.05) is 30.7 Å². The van der Waals surface area contributed by atoms with Crippen LogP contribution in [-0.4, -0.2) is 35.3 Å². The van der Waals surface area contributed by atoms with Crippen molar-refractivity contribution in [1.29, 1.82) is 0 Å². The van der Waals surface area contributed by atoms with Gasteiger partial charge in [-0.2, -0.15) is 0 Å². The van der Waals surface area contributed by atoms with Gasteiger partial charge < -0.3 is 9.84 Å². The average Bonchev–Trinajstić information content (AvgIpc) is 2.70. The minimum absolute atomic E-state index is 0.0164. The maximum absolute atomic E-state index is 11.9. The average molecular weight is 405 g/mol. The Kier molecular flexibility index (Phi) is 10.7. The van der Waals surface area contributed by atoms with Crippen LogP contribution in [0.3, 0.4) is 0 Å². The number of benzene rings is 1. The van der Waals surface area contributed by atoms with Gasteiger partial charge >= 0.3 is 5.97 Å². The van der Waals surface area contributed by atoms with E-state index in [0.717, 1.165) is 17.5 Å². The summed E-state index contributed by atoms with van der Waals surface area (Å²) in [5, 5.41) is 10.8. The maximum atomic E-state index is 11.9. The number of carboxylic acid groups (broad SMARTS) is 1. The summed E-state index contributed by atoms with van der Waals surface area (Å²) < 4.78 is 5.58. The molecule has 0 aliphatic carbocycles. The predicted octanol–water partition coefficient (Wildman–Crippen LogP) is 3.53. The highest BCUT2D eigenvalue weighted by atomic mass is 16.5. The molecule has 0 radical (unpaired) electrons. The van der Waals surface area contributed by atoms with E-state index in [1.807, 2.05) is 32.9 Å². The van der Waals surface area contributed by atoms with Crippen molar-refractivity contribution >= 4 is 23.6 Å². The van der Waals surface area contributed by atoms with Gasteiger partial charge in [-0.25, -0.2) is 0 Å². The van der Waals surface area contributed by atoms with E-state index in [0.29, 0.717) is 44.5 Å². The quantitative estimate of drug-likeness (QED) is 0.369. The first-order valence-electron chi connectivity index (χ1n) is 10.1. The van der Waals surface area contributed by atoms with Crippen LogP contribution in [0, 0.1) is 5.92 Å². The summed E-state index contributed by atoms with van der Waals surface area (Å²) in [6, 6.07) is 5.58. The molecule has 1 unspecified atom stereocenters. The number of amides is 2. The third-order valence-corrected chi connectivity index (χ3v) is 4.65. The van der Waals surface area contributed by atoms with Crippen molar-refractivity contribution in [2.75, 3.05) is 6.61 Å². The van der Waals surface area contributed by atoms with E-state index in [1.54, 1.807) is 6.07 Å². The number of imide groups is 1. The fraction of sp³-hybridized carbons (Fsp3) is 0.545. The second-order valence-corrected chi connectivity index (χ2v) is 7.00. The number of hydrogen-bond acceptors (Lipinski definition) is 5. The molecule has 29 heavy (non-hydrogen) atoms. The van der Waals surface area contributed by atoms with Gasteiger partial charge in [-0.3, -0.25) is 24.5 Å². The standard InChI is InChI=1S/C16H22O4.C6H9NO2/c1-3-12-8-9-13(11-14(12)15(17)4-2)20-10-6-5-7-16(18)19;1-4-2-3-5(8)7-6(4)9/h8-9,11H,3-7,10H2,1-2H3,(H,18,19);4H,2-3H2,1H3,(H,7,8,9). The monoisotopic (exact) mass is 405 g/mol. The smallest absolute Gasteiger partial charge is 0.303 e. The molecule has 1 heterocycles. The van der Waals surface area contributed by atoms with E-state index in [-0.39, 0.29) is 29.9 Å². The summed E-state index contributed by atoms with van der Waals surface area (Å²) in [7, 11) is 0. The first-order valence-corrected chi connectivity index (χ1v) is 10.1. The van der Waals surface area contributed by atoms with Crippen molar-refractivity contribution in [3.05, 3.63) is 29.3 Å². The SMILES string of the molecule is CC1CCC(=O)NC1=O.CCC(=O)c1cc(OCCCCC(=O)O)ccc1CC. The Bertz CT molecular complexity index is 728. The maximum Gasteiger partial charge on any atom is 0.303 e. The highest BCUT2D eigenvalue weighted by Crippen LogP contribution is 2.20. The Morgan fingerprint density at radius 3 is 2.48 bits per heavy atom. The summed E-state index contributed by atoms with van der Waals surface area (Å²) in [5.41, 5.74) is 1.77. The molecule has 1 fully saturated rings. The molecule has 2 amide bonds. The fourth-order valence-corrected chi connectivity index (χ4v) is 2.77. The van der Waals surface area contributed by atoms with Crippen LogP contribution in [-0.2, 0) is 20.8 Å². The van der Waals surface area contributed by atoms with Gasteiger partial charge in [-0.05, 0) is 43.4 Å². The van der Waals surface area contributed by atoms with Crippen LogP contribution < -0.4 is 10.1 Å². The molecule has 0 spiro atoms. The van der Waals surface area contributed by atoms with E-state index in [1.165, 1.54) is 0 Å². The number of carbonyl (C=O) groups excluding carboxylic acids is 3. The van der Waals surface area contributed by atoms with E-state index in [9.17, 15) is 19.2 Å². The van der Waals surface area contributed by atoms with E-state index in [2.05, 4.69) is 5.32 Å². The molecule has 0 bridgehead atoms. The number of rotatable bonds is 9. The zero-order chi connectivity index (χ0) is 21.8. The predicted molar refractivity (Wildman–Crippen MR) is 109 cm³/mol. The molecular formula is C22H31NO6. The molecule has 1 aliphatic rings. The second-order valence-electron chi connectivity index (χ2n) is 7.00. The molecule has 2 rings (SSSR count). The molecule has 1 aromatic rings. The van der Waals surface area contributed by atoms with Crippen molar-refractivity contribution in [2.45, 2.75) is 65.7 Å². The summed E-state index contributed by atoms with van der Waals surface area (Å²) in [4.78, 5) is 43.4. The third-order valence-electron chi connectivity index (χ3n) is 4.65. The van der Waals surface area contributed by atoms with Crippen molar-refractivity contribution in [3.63, 3.8) is 0 Å². The molecule has 0 saturated carbocycles. The highest BCUT2D eigenvalue weighted by Gasteiger charge is 2.21. The van der Waals surface area contributed by atoms with Crippen molar-refractivity contribution in [1.82, 2.24) is 5.32 Å². The lowest BCUT2D eigenvalue weighted by atomic mass is 10.00. The molecule has 1 atom stereocenters. The minimum Gasteiger partial charge on any atom is -0.494 e. The number of piperidine rings is 1. The topological polar surface area (TPSA) is 110 Å². The molecule has 7 nitrogen and oxygen atoms in total. The molecule has 2 N–H and O–H groups in total. The highest BCUT2D eigenvalue weighted by molar-refractivity contribution is 5.98.